The average Bonchev–Trinajstić information content (AvgIpc) is 3.02. The van der Waals surface area contributed by atoms with E-state index in [1.165, 1.54) is 0 Å². The van der Waals surface area contributed by atoms with Gasteiger partial charge in [-0.2, -0.15) is 10.2 Å². The molecule has 2 aliphatic rings. The SMILES string of the molecule is C#CCCC1(CCC(=O)NC(CO)C2CCCO2)N=N1. The van der Waals surface area contributed by atoms with Gasteiger partial charge >= 0.3 is 0 Å². The Hall–Kier alpha value is -1.45. The van der Waals surface area contributed by atoms with Crippen LogP contribution < -0.4 is 5.32 Å². The van der Waals surface area contributed by atoms with E-state index in [9.17, 15) is 9.90 Å². The van der Waals surface area contributed by atoms with Crippen molar-refractivity contribution in [3.63, 3.8) is 0 Å². The number of hydrogen-bond donors (Lipinski definition) is 2. The maximum absolute atomic E-state index is 11.9. The number of nitrogens with zero attached hydrogens (tertiary/aromatic N) is 2. The number of aliphatic hydroxyl groups is 1. The summed E-state index contributed by atoms with van der Waals surface area (Å²) < 4.78 is 5.48. The minimum Gasteiger partial charge on any atom is -0.394 e. The van der Waals surface area contributed by atoms with E-state index < -0.39 is 5.66 Å². The molecule has 0 aromatic heterocycles. The van der Waals surface area contributed by atoms with Crippen LogP contribution in [-0.2, 0) is 9.53 Å². The van der Waals surface area contributed by atoms with Crippen molar-refractivity contribution in [3.8, 4) is 12.3 Å². The predicted octanol–water partition coefficient (Wildman–Crippen LogP) is 0.998. The van der Waals surface area contributed by atoms with Gasteiger partial charge in [0.2, 0.25) is 5.91 Å². The Kier molecular flexibility index (Phi) is 5.10. The van der Waals surface area contributed by atoms with Gasteiger partial charge in [-0.3, -0.25) is 4.79 Å². The Labute approximate surface area is 119 Å². The maximum atomic E-state index is 11.9. The number of carbonyl (C=O) groups excluding carboxylic acids is 1. The molecule has 2 heterocycles. The van der Waals surface area contributed by atoms with Gasteiger partial charge in [0.1, 0.15) is 0 Å². The van der Waals surface area contributed by atoms with Crippen molar-refractivity contribution in [2.75, 3.05) is 13.2 Å². The van der Waals surface area contributed by atoms with E-state index in [4.69, 9.17) is 11.2 Å². The molecule has 0 spiro atoms. The molecule has 0 radical (unpaired) electrons. The fourth-order valence-electron chi connectivity index (χ4n) is 2.44. The summed E-state index contributed by atoms with van der Waals surface area (Å²) in [5, 5.41) is 20.2. The number of terminal acetylenes is 1. The normalized spacial score (nSPS) is 24.1. The van der Waals surface area contributed by atoms with E-state index in [2.05, 4.69) is 21.5 Å². The first-order valence-corrected chi connectivity index (χ1v) is 7.08. The molecule has 0 saturated carbocycles. The number of aliphatic hydroxyl groups excluding tert-OH is 1. The Balaban J connectivity index is 1.70. The van der Waals surface area contributed by atoms with Crippen molar-refractivity contribution < 1.29 is 14.6 Å². The van der Waals surface area contributed by atoms with Crippen LogP contribution in [0.25, 0.3) is 0 Å². The quantitative estimate of drug-likeness (QED) is 0.650. The number of nitrogens with one attached hydrogen (secondary N) is 1. The van der Waals surface area contributed by atoms with Gasteiger partial charge in [-0.05, 0) is 12.8 Å². The van der Waals surface area contributed by atoms with Crippen LogP contribution in [-0.4, -0.2) is 42.0 Å². The summed E-state index contributed by atoms with van der Waals surface area (Å²) in [7, 11) is 0. The van der Waals surface area contributed by atoms with Crippen LogP contribution in [0.1, 0.15) is 38.5 Å². The largest absolute Gasteiger partial charge is 0.394 e. The molecule has 2 atom stereocenters. The minimum absolute atomic E-state index is 0.0744. The van der Waals surface area contributed by atoms with Crippen molar-refractivity contribution >= 4 is 5.91 Å². The van der Waals surface area contributed by atoms with E-state index in [1.54, 1.807) is 0 Å². The summed E-state index contributed by atoms with van der Waals surface area (Å²) >= 11 is 0. The molecule has 110 valence electrons. The van der Waals surface area contributed by atoms with Crippen molar-refractivity contribution in [2.24, 2.45) is 10.2 Å². The highest BCUT2D eigenvalue weighted by atomic mass is 16.5. The number of rotatable bonds is 8. The topological polar surface area (TPSA) is 83.3 Å². The van der Waals surface area contributed by atoms with Crippen molar-refractivity contribution in [2.45, 2.75) is 56.3 Å². The second-order valence-corrected chi connectivity index (χ2v) is 5.29. The summed E-state index contributed by atoms with van der Waals surface area (Å²) in [5.41, 5.74) is -0.428. The van der Waals surface area contributed by atoms with E-state index in [-0.39, 0.29) is 24.7 Å². The van der Waals surface area contributed by atoms with Gasteiger partial charge in [0.05, 0.1) is 18.8 Å². The van der Waals surface area contributed by atoms with Gasteiger partial charge in [0.25, 0.3) is 0 Å². The lowest BCUT2D eigenvalue weighted by molar-refractivity contribution is -0.123. The molecule has 2 aliphatic heterocycles. The molecule has 1 saturated heterocycles. The fraction of sp³-hybridized carbons (Fsp3) is 0.786. The molecule has 0 aromatic carbocycles. The number of carbonyl (C=O) groups is 1. The molecular weight excluding hydrogens is 258 g/mol. The third kappa shape index (κ3) is 4.02. The Morgan fingerprint density at radius 3 is 2.90 bits per heavy atom. The van der Waals surface area contributed by atoms with Crippen LogP contribution in [0.5, 0.6) is 0 Å². The van der Waals surface area contributed by atoms with Crippen LogP contribution in [0.2, 0.25) is 0 Å². The van der Waals surface area contributed by atoms with E-state index in [0.29, 0.717) is 32.3 Å². The van der Waals surface area contributed by atoms with Crippen molar-refractivity contribution in [3.05, 3.63) is 0 Å². The Morgan fingerprint density at radius 2 is 2.35 bits per heavy atom. The molecule has 6 nitrogen and oxygen atoms in total. The minimum atomic E-state index is -0.428. The monoisotopic (exact) mass is 279 g/mol. The van der Waals surface area contributed by atoms with E-state index >= 15 is 0 Å². The third-order valence-electron chi connectivity index (χ3n) is 3.76. The van der Waals surface area contributed by atoms with E-state index in [1.807, 2.05) is 0 Å². The lowest BCUT2D eigenvalue weighted by Crippen LogP contribution is -2.45. The maximum Gasteiger partial charge on any atom is 0.220 e. The van der Waals surface area contributed by atoms with Crippen LogP contribution in [0.4, 0.5) is 0 Å². The molecule has 0 aromatic rings. The van der Waals surface area contributed by atoms with Crippen LogP contribution >= 0.6 is 0 Å². The lowest BCUT2D eigenvalue weighted by atomic mass is 10.0. The zero-order valence-corrected chi connectivity index (χ0v) is 11.5. The van der Waals surface area contributed by atoms with Gasteiger partial charge in [-0.1, -0.05) is 0 Å². The molecule has 2 unspecified atom stereocenters. The average molecular weight is 279 g/mol. The highest BCUT2D eigenvalue weighted by molar-refractivity contribution is 5.76. The van der Waals surface area contributed by atoms with E-state index in [0.717, 1.165) is 12.8 Å². The number of hydrogen-bond acceptors (Lipinski definition) is 5. The summed E-state index contributed by atoms with van der Waals surface area (Å²) in [6.07, 6.45) is 9.22. The molecule has 0 aliphatic carbocycles. The first kappa shape index (κ1) is 14.9. The lowest BCUT2D eigenvalue weighted by Gasteiger charge is -2.22. The molecule has 6 heteroatoms. The van der Waals surface area contributed by atoms with Crippen LogP contribution in [0, 0.1) is 12.3 Å². The number of amides is 1. The summed E-state index contributed by atoms with van der Waals surface area (Å²) in [6, 6.07) is -0.320. The third-order valence-corrected chi connectivity index (χ3v) is 3.76. The van der Waals surface area contributed by atoms with Gasteiger partial charge < -0.3 is 15.2 Å². The van der Waals surface area contributed by atoms with Gasteiger partial charge in [0.15, 0.2) is 5.66 Å². The molecule has 1 amide bonds. The molecule has 2 rings (SSSR count). The molecule has 20 heavy (non-hydrogen) atoms. The Bertz CT molecular complexity index is 404. The van der Waals surface area contributed by atoms with Crippen LogP contribution in [0.3, 0.4) is 0 Å². The van der Waals surface area contributed by atoms with Gasteiger partial charge in [-0.15, -0.1) is 12.3 Å². The highest BCUT2D eigenvalue weighted by Gasteiger charge is 2.39. The van der Waals surface area contributed by atoms with Gasteiger partial charge in [-0.25, -0.2) is 0 Å². The van der Waals surface area contributed by atoms with Crippen molar-refractivity contribution in [1.29, 1.82) is 0 Å². The summed E-state index contributed by atoms with van der Waals surface area (Å²) in [6.45, 7) is 0.595. The predicted molar refractivity (Wildman–Crippen MR) is 72.9 cm³/mol. The first-order chi connectivity index (χ1) is 9.69. The molecule has 0 bridgehead atoms. The summed E-state index contributed by atoms with van der Waals surface area (Å²) in [4.78, 5) is 11.9. The summed E-state index contributed by atoms with van der Waals surface area (Å²) in [5.74, 6) is 2.46. The zero-order valence-electron chi connectivity index (χ0n) is 11.5. The molecular formula is C14H21N3O3. The van der Waals surface area contributed by atoms with Crippen molar-refractivity contribution in [1.82, 2.24) is 5.32 Å². The second kappa shape index (κ2) is 6.82. The molecule has 1 fully saturated rings. The zero-order chi connectivity index (χ0) is 14.4. The fourth-order valence-corrected chi connectivity index (χ4v) is 2.44. The smallest absolute Gasteiger partial charge is 0.220 e. The second-order valence-electron chi connectivity index (χ2n) is 5.29. The van der Waals surface area contributed by atoms with Gasteiger partial charge in [0, 0.05) is 32.3 Å². The van der Waals surface area contributed by atoms with Crippen LogP contribution in [0.15, 0.2) is 10.2 Å². The highest BCUT2D eigenvalue weighted by Crippen LogP contribution is 2.37. The standard InChI is InChI=1S/C14H21N3O3/c1-2-3-7-14(16-17-14)8-6-13(19)15-11(10-18)12-5-4-9-20-12/h1,11-12,18H,3-10H2,(H,15,19). The first-order valence-electron chi connectivity index (χ1n) is 7.08. The Morgan fingerprint density at radius 1 is 1.55 bits per heavy atom. The number of ether oxygens (including phenoxy) is 1. The molecule has 2 N–H and O–H groups in total.